The van der Waals surface area contributed by atoms with Gasteiger partial charge in [-0.2, -0.15) is 0 Å². The number of aryl methyl sites for hydroxylation is 1. The highest BCUT2D eigenvalue weighted by Gasteiger charge is 2.22. The highest BCUT2D eigenvalue weighted by atomic mass is 32.2. The second-order valence-electron chi connectivity index (χ2n) is 6.86. The molecule has 7 nitrogen and oxygen atoms in total. The lowest BCUT2D eigenvalue weighted by molar-refractivity contribution is 0.208. The normalized spacial score (nSPS) is 14.1. The van der Waals surface area contributed by atoms with Crippen LogP contribution in [-0.2, 0) is 0 Å². The lowest BCUT2D eigenvalue weighted by Gasteiger charge is -2.35. The summed E-state index contributed by atoms with van der Waals surface area (Å²) in [6.07, 6.45) is 5.97. The van der Waals surface area contributed by atoms with E-state index in [1.807, 2.05) is 77.5 Å². The Balaban J connectivity index is 1.40. The Hall–Kier alpha value is -3.00. The van der Waals surface area contributed by atoms with Gasteiger partial charge in [-0.05, 0) is 43.5 Å². The number of nitrogens with zero attached hydrogens (tertiary/aromatic N) is 5. The zero-order valence-electron chi connectivity index (χ0n) is 16.6. The summed E-state index contributed by atoms with van der Waals surface area (Å²) in [6, 6.07) is 13.8. The van der Waals surface area contributed by atoms with Gasteiger partial charge in [0, 0.05) is 55.2 Å². The fourth-order valence-corrected chi connectivity index (χ4v) is 3.82. The van der Waals surface area contributed by atoms with E-state index in [-0.39, 0.29) is 6.03 Å². The zero-order valence-corrected chi connectivity index (χ0v) is 17.4. The van der Waals surface area contributed by atoms with E-state index in [4.69, 9.17) is 0 Å². The van der Waals surface area contributed by atoms with Gasteiger partial charge in [-0.1, -0.05) is 6.07 Å². The molecule has 29 heavy (non-hydrogen) atoms. The quantitative estimate of drug-likeness (QED) is 0.668. The van der Waals surface area contributed by atoms with Crippen LogP contribution in [0.15, 0.2) is 59.8 Å². The lowest BCUT2D eigenvalue weighted by atomic mass is 10.3. The Kier molecular flexibility index (Phi) is 5.71. The van der Waals surface area contributed by atoms with Crippen molar-refractivity contribution in [3.05, 3.63) is 60.7 Å². The Labute approximate surface area is 174 Å². The summed E-state index contributed by atoms with van der Waals surface area (Å²) in [7, 11) is 0. The molecule has 1 aromatic carbocycles. The first-order valence-electron chi connectivity index (χ1n) is 9.56. The molecule has 0 atom stereocenters. The van der Waals surface area contributed by atoms with Gasteiger partial charge in [-0.3, -0.25) is 0 Å². The molecule has 2 aromatic heterocycles. The highest BCUT2D eigenvalue weighted by Crippen LogP contribution is 2.21. The third kappa shape index (κ3) is 4.54. The van der Waals surface area contributed by atoms with E-state index in [1.165, 1.54) is 0 Å². The highest BCUT2D eigenvalue weighted by molar-refractivity contribution is 7.98. The minimum atomic E-state index is -0.0604. The predicted molar refractivity (Wildman–Crippen MR) is 117 cm³/mol. The molecule has 3 heterocycles. The summed E-state index contributed by atoms with van der Waals surface area (Å²) in [5.74, 6) is 2.49. The number of anilines is 2. The van der Waals surface area contributed by atoms with Crippen molar-refractivity contribution >= 4 is 29.3 Å². The summed E-state index contributed by atoms with van der Waals surface area (Å²) in [6.45, 7) is 4.68. The van der Waals surface area contributed by atoms with Crippen molar-refractivity contribution in [1.82, 2.24) is 19.4 Å². The summed E-state index contributed by atoms with van der Waals surface area (Å²) in [5.41, 5.74) is 0.826. The van der Waals surface area contributed by atoms with Crippen molar-refractivity contribution in [1.29, 1.82) is 0 Å². The van der Waals surface area contributed by atoms with Crippen molar-refractivity contribution in [2.24, 2.45) is 0 Å². The third-order valence-electron chi connectivity index (χ3n) is 4.89. The molecule has 1 aliphatic rings. The summed E-state index contributed by atoms with van der Waals surface area (Å²) < 4.78 is 1.98. The van der Waals surface area contributed by atoms with Gasteiger partial charge in [-0.15, -0.1) is 11.8 Å². The Bertz CT molecular complexity index is 983. The van der Waals surface area contributed by atoms with Crippen LogP contribution in [0.3, 0.4) is 0 Å². The van der Waals surface area contributed by atoms with E-state index in [0.717, 1.165) is 41.1 Å². The molecule has 2 amide bonds. The fourth-order valence-electron chi connectivity index (χ4n) is 3.36. The van der Waals surface area contributed by atoms with Crippen LogP contribution in [0.2, 0.25) is 0 Å². The number of benzene rings is 1. The average Bonchev–Trinajstić information content (AvgIpc) is 3.28. The molecular formula is C21H24N6OS. The van der Waals surface area contributed by atoms with Gasteiger partial charge >= 0.3 is 6.03 Å². The number of aromatic nitrogens is 3. The number of amides is 2. The Morgan fingerprint density at radius 1 is 1.00 bits per heavy atom. The molecule has 0 radical (unpaired) electrons. The molecule has 1 N–H and O–H groups in total. The Morgan fingerprint density at radius 2 is 1.72 bits per heavy atom. The number of hydrogen-bond donors (Lipinski definition) is 1. The van der Waals surface area contributed by atoms with Gasteiger partial charge in [0.15, 0.2) is 0 Å². The molecule has 3 aromatic rings. The van der Waals surface area contributed by atoms with Gasteiger partial charge in [0.05, 0.1) is 0 Å². The van der Waals surface area contributed by atoms with Gasteiger partial charge in [0.1, 0.15) is 17.5 Å². The van der Waals surface area contributed by atoms with E-state index < -0.39 is 0 Å². The smallest absolute Gasteiger partial charge is 0.321 e. The molecule has 0 unspecified atom stereocenters. The van der Waals surface area contributed by atoms with Crippen LogP contribution in [0, 0.1) is 6.92 Å². The molecule has 1 fully saturated rings. The summed E-state index contributed by atoms with van der Waals surface area (Å²) >= 11 is 1.66. The second-order valence-corrected chi connectivity index (χ2v) is 7.74. The molecule has 8 heteroatoms. The van der Waals surface area contributed by atoms with Gasteiger partial charge < -0.3 is 19.7 Å². The number of carbonyl (C=O) groups is 1. The first kappa shape index (κ1) is 19.3. The van der Waals surface area contributed by atoms with Crippen LogP contribution in [0.4, 0.5) is 16.3 Å². The van der Waals surface area contributed by atoms with E-state index in [1.54, 1.807) is 11.8 Å². The second kappa shape index (κ2) is 8.57. The minimum Gasteiger partial charge on any atom is -0.353 e. The molecule has 1 aliphatic heterocycles. The first-order valence-corrected chi connectivity index (χ1v) is 10.8. The number of thioether (sulfide) groups is 1. The lowest BCUT2D eigenvalue weighted by Crippen LogP contribution is -2.50. The van der Waals surface area contributed by atoms with Crippen molar-refractivity contribution in [3.8, 4) is 5.82 Å². The van der Waals surface area contributed by atoms with E-state index >= 15 is 0 Å². The summed E-state index contributed by atoms with van der Waals surface area (Å²) in [5, 5.41) is 3.00. The van der Waals surface area contributed by atoms with Crippen molar-refractivity contribution < 1.29 is 4.79 Å². The Morgan fingerprint density at radius 3 is 2.45 bits per heavy atom. The molecule has 0 saturated carbocycles. The van der Waals surface area contributed by atoms with Crippen LogP contribution >= 0.6 is 11.8 Å². The predicted octanol–water partition coefficient (Wildman–Crippen LogP) is 3.65. The maximum atomic E-state index is 12.6. The molecule has 0 bridgehead atoms. The SMILES string of the molecule is CSc1cccc(NC(=O)N2CCN(c3cc(-n4cccc4)nc(C)n3)CC2)c1. The maximum Gasteiger partial charge on any atom is 0.321 e. The van der Waals surface area contributed by atoms with Crippen LogP contribution < -0.4 is 10.2 Å². The number of urea groups is 1. The number of nitrogens with one attached hydrogen (secondary N) is 1. The monoisotopic (exact) mass is 408 g/mol. The van der Waals surface area contributed by atoms with E-state index in [2.05, 4.69) is 20.2 Å². The first-order chi connectivity index (χ1) is 14.1. The standard InChI is InChI=1S/C21H24N6OS/c1-16-22-19(25-8-3-4-9-25)15-20(23-16)26-10-12-27(13-11-26)21(28)24-17-6-5-7-18(14-17)29-2/h3-9,14-15H,10-13H2,1-2H3,(H,24,28). The number of hydrogen-bond acceptors (Lipinski definition) is 5. The van der Waals surface area contributed by atoms with E-state index in [9.17, 15) is 4.79 Å². The maximum absolute atomic E-state index is 12.6. The summed E-state index contributed by atoms with van der Waals surface area (Å²) in [4.78, 5) is 27.0. The molecule has 4 rings (SSSR count). The largest absolute Gasteiger partial charge is 0.353 e. The molecule has 150 valence electrons. The van der Waals surface area contributed by atoms with Crippen LogP contribution in [-0.4, -0.2) is 57.9 Å². The zero-order chi connectivity index (χ0) is 20.2. The van der Waals surface area contributed by atoms with Crippen molar-refractivity contribution in [2.45, 2.75) is 11.8 Å². The molecule has 0 aliphatic carbocycles. The van der Waals surface area contributed by atoms with Gasteiger partial charge in [-0.25, -0.2) is 14.8 Å². The van der Waals surface area contributed by atoms with Gasteiger partial charge in [0.2, 0.25) is 0 Å². The molecular weight excluding hydrogens is 384 g/mol. The minimum absolute atomic E-state index is 0.0604. The van der Waals surface area contributed by atoms with Crippen LogP contribution in [0.1, 0.15) is 5.82 Å². The topological polar surface area (TPSA) is 66.3 Å². The number of carbonyl (C=O) groups excluding carboxylic acids is 1. The third-order valence-corrected chi connectivity index (χ3v) is 5.62. The van der Waals surface area contributed by atoms with Crippen LogP contribution in [0.25, 0.3) is 5.82 Å². The van der Waals surface area contributed by atoms with Crippen molar-refractivity contribution in [3.63, 3.8) is 0 Å². The average molecular weight is 409 g/mol. The van der Waals surface area contributed by atoms with E-state index in [0.29, 0.717) is 13.1 Å². The van der Waals surface area contributed by atoms with Crippen molar-refractivity contribution in [2.75, 3.05) is 42.7 Å². The number of rotatable bonds is 4. The number of piperazine rings is 1. The molecule has 1 saturated heterocycles. The molecule has 0 spiro atoms. The van der Waals surface area contributed by atoms with Gasteiger partial charge in [0.25, 0.3) is 0 Å². The fraction of sp³-hybridized carbons (Fsp3) is 0.286. The van der Waals surface area contributed by atoms with Crippen LogP contribution in [0.5, 0.6) is 0 Å².